The fraction of sp³-hybridized carbons (Fsp3) is 0.278. The first-order valence-electron chi connectivity index (χ1n) is 7.68. The van der Waals surface area contributed by atoms with Crippen molar-refractivity contribution in [2.24, 2.45) is 0 Å². The molecule has 5 heteroatoms. The monoisotopic (exact) mass is 327 g/mol. The van der Waals surface area contributed by atoms with Gasteiger partial charge >= 0.3 is 5.63 Å². The number of hydrogen-bond donors (Lipinski definition) is 1. The van der Waals surface area contributed by atoms with E-state index in [0.717, 1.165) is 23.9 Å². The fourth-order valence-corrected chi connectivity index (χ4v) is 4.31. The molecule has 0 aliphatic carbocycles. The Bertz CT molecular complexity index is 927. The summed E-state index contributed by atoms with van der Waals surface area (Å²) in [6, 6.07) is 9.04. The smallest absolute Gasteiger partial charge is 0.336 e. The van der Waals surface area contributed by atoms with Crippen molar-refractivity contribution in [1.82, 2.24) is 4.90 Å². The summed E-state index contributed by atoms with van der Waals surface area (Å²) in [5.41, 5.74) is 2.40. The molecular weight excluding hydrogens is 310 g/mol. The van der Waals surface area contributed by atoms with Gasteiger partial charge in [0.25, 0.3) is 0 Å². The molecule has 0 fully saturated rings. The van der Waals surface area contributed by atoms with E-state index in [2.05, 4.69) is 23.3 Å². The molecule has 1 N–H and O–H groups in total. The summed E-state index contributed by atoms with van der Waals surface area (Å²) in [4.78, 5) is 15.7. The van der Waals surface area contributed by atoms with Gasteiger partial charge in [-0.3, -0.25) is 4.90 Å². The van der Waals surface area contributed by atoms with Crippen LogP contribution in [0.5, 0.6) is 5.75 Å². The highest BCUT2D eigenvalue weighted by Gasteiger charge is 2.25. The summed E-state index contributed by atoms with van der Waals surface area (Å²) in [6.45, 7) is 3.89. The molecule has 1 aliphatic heterocycles. The van der Waals surface area contributed by atoms with Gasteiger partial charge in [0.05, 0.1) is 0 Å². The minimum atomic E-state index is -0.376. The number of aromatic hydroxyl groups is 1. The Balaban J connectivity index is 1.72. The van der Waals surface area contributed by atoms with Gasteiger partial charge in [0, 0.05) is 41.5 Å². The van der Waals surface area contributed by atoms with Crippen LogP contribution in [0, 0.1) is 0 Å². The molecule has 1 aromatic carbocycles. The molecule has 3 heterocycles. The highest BCUT2D eigenvalue weighted by molar-refractivity contribution is 7.10. The van der Waals surface area contributed by atoms with E-state index in [0.29, 0.717) is 18.2 Å². The molecule has 3 aromatic rings. The van der Waals surface area contributed by atoms with E-state index in [1.807, 2.05) is 17.4 Å². The van der Waals surface area contributed by atoms with E-state index in [1.165, 1.54) is 16.5 Å². The third kappa shape index (κ3) is 2.56. The quantitative estimate of drug-likeness (QED) is 0.730. The summed E-state index contributed by atoms with van der Waals surface area (Å²) < 4.78 is 5.21. The van der Waals surface area contributed by atoms with Gasteiger partial charge < -0.3 is 9.52 Å². The van der Waals surface area contributed by atoms with Gasteiger partial charge in [-0.2, -0.15) is 0 Å². The second-order valence-electron chi connectivity index (χ2n) is 5.97. The first-order chi connectivity index (χ1) is 11.1. The second-order valence-corrected chi connectivity index (χ2v) is 6.97. The standard InChI is InChI=1S/C18H17NO3S/c1-11-14-5-7-23-17(14)4-6-19(11)10-12-8-18(21)22-16-9-13(20)2-3-15(12)16/h2-3,5,7-9,11,20H,4,6,10H2,1H3/t11-/m0/s1. The summed E-state index contributed by atoms with van der Waals surface area (Å²) in [5.74, 6) is 0.104. The van der Waals surface area contributed by atoms with Crippen molar-refractivity contribution in [2.75, 3.05) is 6.54 Å². The Hall–Kier alpha value is -2.11. The van der Waals surface area contributed by atoms with Crippen LogP contribution in [0.1, 0.15) is 29.0 Å². The van der Waals surface area contributed by atoms with Crippen LogP contribution >= 0.6 is 11.3 Å². The SMILES string of the molecule is C[C@H]1c2ccsc2CCN1Cc1cc(=O)oc2cc(O)ccc12. The fourth-order valence-electron chi connectivity index (χ4n) is 3.35. The van der Waals surface area contributed by atoms with E-state index in [9.17, 15) is 9.90 Å². The molecule has 0 bridgehead atoms. The number of benzene rings is 1. The third-order valence-electron chi connectivity index (χ3n) is 4.59. The summed E-state index contributed by atoms with van der Waals surface area (Å²) >= 11 is 1.82. The highest BCUT2D eigenvalue weighted by atomic mass is 32.1. The van der Waals surface area contributed by atoms with Gasteiger partial charge in [0.15, 0.2) is 0 Å². The van der Waals surface area contributed by atoms with Crippen molar-refractivity contribution in [1.29, 1.82) is 0 Å². The predicted octanol–water partition coefficient (Wildman–Crippen LogP) is 3.68. The van der Waals surface area contributed by atoms with Crippen molar-refractivity contribution >= 4 is 22.3 Å². The van der Waals surface area contributed by atoms with Gasteiger partial charge in [-0.1, -0.05) is 0 Å². The zero-order valence-corrected chi connectivity index (χ0v) is 13.6. The zero-order chi connectivity index (χ0) is 16.0. The second kappa shape index (κ2) is 5.51. The Morgan fingerprint density at radius 3 is 3.09 bits per heavy atom. The molecule has 4 nitrogen and oxygen atoms in total. The molecule has 1 aliphatic rings. The Kier molecular flexibility index (Phi) is 3.47. The number of nitrogens with zero attached hydrogens (tertiary/aromatic N) is 1. The highest BCUT2D eigenvalue weighted by Crippen LogP contribution is 2.34. The first-order valence-corrected chi connectivity index (χ1v) is 8.56. The molecule has 0 saturated carbocycles. The maximum atomic E-state index is 11.8. The predicted molar refractivity (Wildman–Crippen MR) is 91.0 cm³/mol. The molecule has 118 valence electrons. The Morgan fingerprint density at radius 2 is 2.22 bits per heavy atom. The number of hydrogen-bond acceptors (Lipinski definition) is 5. The van der Waals surface area contributed by atoms with Crippen LogP contribution in [0.4, 0.5) is 0 Å². The number of rotatable bonds is 2. The van der Waals surface area contributed by atoms with Crippen LogP contribution in [0.25, 0.3) is 11.0 Å². The molecule has 2 aromatic heterocycles. The third-order valence-corrected chi connectivity index (χ3v) is 5.59. The molecule has 0 amide bonds. The topological polar surface area (TPSA) is 53.7 Å². The van der Waals surface area contributed by atoms with Crippen molar-refractivity contribution in [3.63, 3.8) is 0 Å². The lowest BCUT2D eigenvalue weighted by Crippen LogP contribution is -2.32. The van der Waals surface area contributed by atoms with Crippen molar-refractivity contribution in [2.45, 2.75) is 25.9 Å². The summed E-state index contributed by atoms with van der Waals surface area (Å²) in [6.07, 6.45) is 1.05. The lowest BCUT2D eigenvalue weighted by Gasteiger charge is -2.33. The molecule has 0 radical (unpaired) electrons. The van der Waals surface area contributed by atoms with E-state index >= 15 is 0 Å². The van der Waals surface area contributed by atoms with Crippen LogP contribution in [0.3, 0.4) is 0 Å². The lowest BCUT2D eigenvalue weighted by atomic mass is 10.00. The Morgan fingerprint density at radius 1 is 1.35 bits per heavy atom. The van der Waals surface area contributed by atoms with E-state index in [-0.39, 0.29) is 11.4 Å². The van der Waals surface area contributed by atoms with Gasteiger partial charge in [-0.05, 0) is 48.1 Å². The molecule has 0 spiro atoms. The van der Waals surface area contributed by atoms with Crippen LogP contribution in [0.2, 0.25) is 0 Å². The van der Waals surface area contributed by atoms with E-state index in [4.69, 9.17) is 4.42 Å². The molecule has 4 rings (SSSR count). The molecule has 0 unspecified atom stereocenters. The van der Waals surface area contributed by atoms with Crippen molar-refractivity contribution in [3.05, 3.63) is 62.1 Å². The van der Waals surface area contributed by atoms with Gasteiger partial charge in [0.2, 0.25) is 0 Å². The first kappa shape index (κ1) is 14.5. The zero-order valence-electron chi connectivity index (χ0n) is 12.8. The average Bonchev–Trinajstić information content (AvgIpc) is 2.98. The average molecular weight is 327 g/mol. The van der Waals surface area contributed by atoms with Crippen LogP contribution in [0.15, 0.2) is 44.9 Å². The molecular formula is C18H17NO3S. The van der Waals surface area contributed by atoms with Crippen LogP contribution in [-0.2, 0) is 13.0 Å². The number of phenolic OH excluding ortho intramolecular Hbond substituents is 1. The number of fused-ring (bicyclic) bond motifs is 2. The molecule has 0 saturated heterocycles. The summed E-state index contributed by atoms with van der Waals surface area (Å²) in [7, 11) is 0. The normalized spacial score (nSPS) is 18.2. The van der Waals surface area contributed by atoms with Crippen molar-refractivity contribution < 1.29 is 9.52 Å². The maximum absolute atomic E-state index is 11.8. The van der Waals surface area contributed by atoms with E-state index in [1.54, 1.807) is 12.1 Å². The number of thiophene rings is 1. The van der Waals surface area contributed by atoms with Gasteiger partial charge in [0.1, 0.15) is 11.3 Å². The largest absolute Gasteiger partial charge is 0.508 e. The number of phenols is 1. The van der Waals surface area contributed by atoms with Crippen LogP contribution in [-0.4, -0.2) is 16.6 Å². The Labute approximate surface area is 137 Å². The molecule has 1 atom stereocenters. The van der Waals surface area contributed by atoms with Gasteiger partial charge in [-0.15, -0.1) is 11.3 Å². The maximum Gasteiger partial charge on any atom is 0.336 e. The van der Waals surface area contributed by atoms with Crippen LogP contribution < -0.4 is 5.63 Å². The van der Waals surface area contributed by atoms with Gasteiger partial charge in [-0.25, -0.2) is 4.79 Å². The lowest BCUT2D eigenvalue weighted by molar-refractivity contribution is 0.192. The molecule has 23 heavy (non-hydrogen) atoms. The minimum absolute atomic E-state index is 0.104. The van der Waals surface area contributed by atoms with E-state index < -0.39 is 0 Å². The summed E-state index contributed by atoms with van der Waals surface area (Å²) in [5, 5.41) is 12.6. The minimum Gasteiger partial charge on any atom is -0.508 e. The van der Waals surface area contributed by atoms with Crippen molar-refractivity contribution in [3.8, 4) is 5.75 Å².